The van der Waals surface area contributed by atoms with Gasteiger partial charge in [-0.3, -0.25) is 9.59 Å². The lowest BCUT2D eigenvalue weighted by molar-refractivity contribution is -0.129. The molecule has 0 aromatic heterocycles. The standard InChI is InChI=1S/C25H22ClN3O2/c26-21-13-7-8-18(16-21)17-22(24(30)28-15-14-27)29-25(31)23(19-9-3-1-4-10-19)20-11-5-2-6-12-20/h1-13,16,22-23H,15,17H2,(H,28,30)(H,29,31)/t22-/m0/s1. The van der Waals surface area contributed by atoms with Crippen LogP contribution in [0.1, 0.15) is 22.6 Å². The van der Waals surface area contributed by atoms with Crippen LogP contribution in [0.4, 0.5) is 0 Å². The van der Waals surface area contributed by atoms with Gasteiger partial charge in [-0.1, -0.05) is 84.4 Å². The summed E-state index contributed by atoms with van der Waals surface area (Å²) in [5.41, 5.74) is 2.45. The fourth-order valence-electron chi connectivity index (χ4n) is 3.40. The summed E-state index contributed by atoms with van der Waals surface area (Å²) in [4.78, 5) is 26.1. The van der Waals surface area contributed by atoms with Crippen LogP contribution in [0.3, 0.4) is 0 Å². The molecule has 5 nitrogen and oxygen atoms in total. The van der Waals surface area contributed by atoms with Crippen molar-refractivity contribution in [1.82, 2.24) is 10.6 Å². The zero-order valence-corrected chi connectivity index (χ0v) is 17.5. The van der Waals surface area contributed by atoms with E-state index in [0.717, 1.165) is 16.7 Å². The Morgan fingerprint density at radius 1 is 0.871 bits per heavy atom. The van der Waals surface area contributed by atoms with E-state index in [1.54, 1.807) is 18.2 Å². The maximum absolute atomic E-state index is 13.4. The number of benzene rings is 3. The van der Waals surface area contributed by atoms with Crippen molar-refractivity contribution in [1.29, 1.82) is 5.26 Å². The number of nitrogens with zero attached hydrogens (tertiary/aromatic N) is 1. The number of halogens is 1. The Bertz CT molecular complexity index is 1030. The van der Waals surface area contributed by atoms with Gasteiger partial charge in [0.2, 0.25) is 11.8 Å². The van der Waals surface area contributed by atoms with Gasteiger partial charge in [-0.2, -0.15) is 5.26 Å². The minimum Gasteiger partial charge on any atom is -0.343 e. The Balaban J connectivity index is 1.89. The number of carbonyl (C=O) groups excluding carboxylic acids is 2. The lowest BCUT2D eigenvalue weighted by atomic mass is 9.90. The number of nitriles is 1. The Morgan fingerprint density at radius 3 is 2.03 bits per heavy atom. The van der Waals surface area contributed by atoms with Crippen LogP contribution < -0.4 is 10.6 Å². The normalized spacial score (nSPS) is 11.4. The molecule has 31 heavy (non-hydrogen) atoms. The quantitative estimate of drug-likeness (QED) is 0.531. The van der Waals surface area contributed by atoms with Gasteiger partial charge in [0.05, 0.1) is 12.0 Å². The third kappa shape index (κ3) is 6.18. The minimum absolute atomic E-state index is 0.137. The van der Waals surface area contributed by atoms with Crippen LogP contribution in [0.15, 0.2) is 84.9 Å². The Labute approximate surface area is 186 Å². The fourth-order valence-corrected chi connectivity index (χ4v) is 3.61. The zero-order chi connectivity index (χ0) is 22.1. The number of rotatable bonds is 8. The third-order valence-electron chi connectivity index (χ3n) is 4.83. The minimum atomic E-state index is -0.853. The van der Waals surface area contributed by atoms with Gasteiger partial charge >= 0.3 is 0 Å². The second kappa shape index (κ2) is 11.0. The Hall–Kier alpha value is -3.62. The highest BCUT2D eigenvalue weighted by Gasteiger charge is 2.28. The lowest BCUT2D eigenvalue weighted by Crippen LogP contribution is -2.49. The molecule has 0 aliphatic carbocycles. The molecule has 2 amide bonds. The molecule has 0 radical (unpaired) electrons. The van der Waals surface area contributed by atoms with Gasteiger partial charge < -0.3 is 10.6 Å². The first-order chi connectivity index (χ1) is 15.1. The number of nitrogens with one attached hydrogen (secondary N) is 2. The van der Waals surface area contributed by atoms with Crippen molar-refractivity contribution in [2.75, 3.05) is 6.54 Å². The zero-order valence-electron chi connectivity index (χ0n) is 16.8. The maximum Gasteiger partial charge on any atom is 0.243 e. The Morgan fingerprint density at radius 2 is 1.48 bits per heavy atom. The van der Waals surface area contributed by atoms with Crippen molar-refractivity contribution < 1.29 is 9.59 Å². The predicted octanol–water partition coefficient (Wildman–Crippen LogP) is 3.84. The average molecular weight is 432 g/mol. The molecule has 2 N–H and O–H groups in total. The molecule has 6 heteroatoms. The van der Waals surface area contributed by atoms with Crippen molar-refractivity contribution in [2.24, 2.45) is 0 Å². The van der Waals surface area contributed by atoms with Crippen LogP contribution in [-0.2, 0) is 16.0 Å². The SMILES string of the molecule is N#CCNC(=O)[C@H](Cc1cccc(Cl)c1)NC(=O)C(c1ccccc1)c1ccccc1. The fraction of sp³-hybridized carbons (Fsp3) is 0.160. The molecule has 3 aromatic rings. The highest BCUT2D eigenvalue weighted by Crippen LogP contribution is 2.25. The van der Waals surface area contributed by atoms with Crippen LogP contribution in [0, 0.1) is 11.3 Å². The van der Waals surface area contributed by atoms with E-state index in [1.807, 2.05) is 72.8 Å². The molecule has 1 atom stereocenters. The molecular weight excluding hydrogens is 410 g/mol. The summed E-state index contributed by atoms with van der Waals surface area (Å²) in [5, 5.41) is 14.8. The summed E-state index contributed by atoms with van der Waals surface area (Å²) in [6.07, 6.45) is 0.250. The predicted molar refractivity (Wildman–Crippen MR) is 120 cm³/mol. The molecule has 0 spiro atoms. The molecule has 0 bridgehead atoms. The topological polar surface area (TPSA) is 82.0 Å². The summed E-state index contributed by atoms with van der Waals surface area (Å²) in [6.45, 7) is -0.137. The molecular formula is C25H22ClN3O2. The van der Waals surface area contributed by atoms with E-state index >= 15 is 0 Å². The molecule has 0 saturated carbocycles. The summed E-state index contributed by atoms with van der Waals surface area (Å²) < 4.78 is 0. The summed E-state index contributed by atoms with van der Waals surface area (Å²) >= 11 is 6.08. The first-order valence-corrected chi connectivity index (χ1v) is 10.3. The number of hydrogen-bond donors (Lipinski definition) is 2. The van der Waals surface area contributed by atoms with Crippen LogP contribution in [0.5, 0.6) is 0 Å². The van der Waals surface area contributed by atoms with Gasteiger partial charge in [0.1, 0.15) is 12.6 Å². The second-order valence-electron chi connectivity index (χ2n) is 7.03. The van der Waals surface area contributed by atoms with Gasteiger partial charge in [0, 0.05) is 11.4 Å². The highest BCUT2D eigenvalue weighted by atomic mass is 35.5. The van der Waals surface area contributed by atoms with Gasteiger partial charge in [-0.15, -0.1) is 0 Å². The van der Waals surface area contributed by atoms with E-state index in [-0.39, 0.29) is 18.9 Å². The lowest BCUT2D eigenvalue weighted by Gasteiger charge is -2.23. The van der Waals surface area contributed by atoms with Gasteiger partial charge in [0.25, 0.3) is 0 Å². The van der Waals surface area contributed by atoms with Crippen molar-refractivity contribution >= 4 is 23.4 Å². The van der Waals surface area contributed by atoms with Gasteiger partial charge in [-0.05, 0) is 28.8 Å². The van der Waals surface area contributed by atoms with Crippen molar-refractivity contribution in [2.45, 2.75) is 18.4 Å². The molecule has 0 aliphatic rings. The molecule has 0 saturated heterocycles. The van der Waals surface area contributed by atoms with E-state index in [1.165, 1.54) is 0 Å². The first kappa shape index (κ1) is 22.1. The molecule has 0 aliphatic heterocycles. The van der Waals surface area contributed by atoms with E-state index in [4.69, 9.17) is 16.9 Å². The van der Waals surface area contributed by atoms with Gasteiger partial charge in [0.15, 0.2) is 0 Å². The average Bonchev–Trinajstić information content (AvgIpc) is 2.78. The van der Waals surface area contributed by atoms with Crippen molar-refractivity contribution in [3.05, 3.63) is 107 Å². The van der Waals surface area contributed by atoms with Crippen LogP contribution in [-0.4, -0.2) is 24.4 Å². The highest BCUT2D eigenvalue weighted by molar-refractivity contribution is 6.30. The van der Waals surface area contributed by atoms with Gasteiger partial charge in [-0.25, -0.2) is 0 Å². The molecule has 3 rings (SSSR count). The molecule has 156 valence electrons. The number of carbonyl (C=O) groups is 2. The number of hydrogen-bond acceptors (Lipinski definition) is 3. The summed E-state index contributed by atoms with van der Waals surface area (Å²) in [7, 11) is 0. The van der Waals surface area contributed by atoms with Crippen LogP contribution in [0.2, 0.25) is 5.02 Å². The van der Waals surface area contributed by atoms with E-state index in [9.17, 15) is 9.59 Å². The van der Waals surface area contributed by atoms with Crippen molar-refractivity contribution in [3.8, 4) is 6.07 Å². The largest absolute Gasteiger partial charge is 0.343 e. The smallest absolute Gasteiger partial charge is 0.243 e. The van der Waals surface area contributed by atoms with E-state index in [0.29, 0.717) is 5.02 Å². The van der Waals surface area contributed by atoms with E-state index < -0.39 is 17.9 Å². The first-order valence-electron chi connectivity index (χ1n) is 9.88. The second-order valence-corrected chi connectivity index (χ2v) is 7.46. The van der Waals surface area contributed by atoms with Crippen LogP contribution in [0.25, 0.3) is 0 Å². The molecule has 0 heterocycles. The van der Waals surface area contributed by atoms with Crippen LogP contribution >= 0.6 is 11.6 Å². The third-order valence-corrected chi connectivity index (χ3v) is 5.07. The maximum atomic E-state index is 13.4. The number of amides is 2. The monoisotopic (exact) mass is 431 g/mol. The molecule has 3 aromatic carbocycles. The van der Waals surface area contributed by atoms with Crippen molar-refractivity contribution in [3.63, 3.8) is 0 Å². The summed E-state index contributed by atoms with van der Waals surface area (Å²) in [6, 6.07) is 27.0. The summed E-state index contributed by atoms with van der Waals surface area (Å²) in [5.74, 6) is -1.29. The molecule has 0 unspecified atom stereocenters. The molecule has 0 fully saturated rings. The van der Waals surface area contributed by atoms with E-state index in [2.05, 4.69) is 10.6 Å². The Kier molecular flexibility index (Phi) is 7.80.